The van der Waals surface area contributed by atoms with E-state index in [0.29, 0.717) is 6.04 Å². The summed E-state index contributed by atoms with van der Waals surface area (Å²) < 4.78 is 0. The molecule has 1 saturated carbocycles. The van der Waals surface area contributed by atoms with E-state index in [4.69, 9.17) is 0 Å². The van der Waals surface area contributed by atoms with Gasteiger partial charge in [-0.2, -0.15) is 0 Å². The maximum absolute atomic E-state index is 10.6. The minimum absolute atomic E-state index is 0.0397. The zero-order valence-corrected chi connectivity index (χ0v) is 13.6. The van der Waals surface area contributed by atoms with Crippen molar-refractivity contribution in [1.82, 2.24) is 9.88 Å². The van der Waals surface area contributed by atoms with Crippen LogP contribution in [0, 0.1) is 16.0 Å². The van der Waals surface area contributed by atoms with Crippen molar-refractivity contribution in [2.75, 3.05) is 25.0 Å². The first-order valence-electron chi connectivity index (χ1n) is 8.80. The fourth-order valence-electron chi connectivity index (χ4n) is 3.78. The molecule has 0 spiro atoms. The highest BCUT2D eigenvalue weighted by Gasteiger charge is 2.23. The summed E-state index contributed by atoms with van der Waals surface area (Å²) in [5.74, 6) is 1.64. The van der Waals surface area contributed by atoms with Gasteiger partial charge in [0.1, 0.15) is 12.0 Å². The van der Waals surface area contributed by atoms with Crippen LogP contribution in [-0.2, 0) is 0 Å². The molecule has 2 heterocycles. The molecule has 2 aliphatic rings. The maximum atomic E-state index is 10.6. The van der Waals surface area contributed by atoms with Gasteiger partial charge in [-0.05, 0) is 37.7 Å². The molecular weight excluding hydrogens is 292 g/mol. The number of anilines is 1. The first-order chi connectivity index (χ1) is 11.2. The molecule has 1 aromatic heterocycles. The number of piperidine rings is 1. The van der Waals surface area contributed by atoms with Gasteiger partial charge < -0.3 is 10.2 Å². The fourth-order valence-corrected chi connectivity index (χ4v) is 3.78. The van der Waals surface area contributed by atoms with Crippen LogP contribution < -0.4 is 5.32 Å². The SMILES string of the molecule is O=[N+]([O-])c1ccc(NC2CCN(CC3CCCCC3)CC2)nc1. The molecule has 1 aliphatic carbocycles. The molecule has 1 N–H and O–H groups in total. The summed E-state index contributed by atoms with van der Waals surface area (Å²) in [6.45, 7) is 3.55. The minimum atomic E-state index is -0.416. The number of nitro groups is 1. The first-order valence-corrected chi connectivity index (χ1v) is 8.80. The lowest BCUT2D eigenvalue weighted by Gasteiger charge is -2.35. The van der Waals surface area contributed by atoms with Gasteiger partial charge in [0.2, 0.25) is 0 Å². The van der Waals surface area contributed by atoms with Gasteiger partial charge in [0.05, 0.1) is 4.92 Å². The predicted octanol–water partition coefficient (Wildman–Crippen LogP) is 3.45. The van der Waals surface area contributed by atoms with E-state index in [1.54, 1.807) is 6.07 Å². The van der Waals surface area contributed by atoms with Crippen molar-refractivity contribution in [2.24, 2.45) is 5.92 Å². The average Bonchev–Trinajstić information content (AvgIpc) is 2.58. The maximum Gasteiger partial charge on any atom is 0.287 e. The van der Waals surface area contributed by atoms with Gasteiger partial charge in [-0.15, -0.1) is 0 Å². The second-order valence-electron chi connectivity index (χ2n) is 6.88. The molecule has 0 atom stereocenters. The molecule has 6 heteroatoms. The smallest absolute Gasteiger partial charge is 0.287 e. The highest BCUT2D eigenvalue weighted by Crippen LogP contribution is 2.26. The third-order valence-corrected chi connectivity index (χ3v) is 5.14. The quantitative estimate of drug-likeness (QED) is 0.665. The fraction of sp³-hybridized carbons (Fsp3) is 0.706. The number of rotatable bonds is 5. The van der Waals surface area contributed by atoms with Crippen LogP contribution in [0.2, 0.25) is 0 Å². The van der Waals surface area contributed by atoms with Crippen LogP contribution in [0.3, 0.4) is 0 Å². The Hall–Kier alpha value is -1.69. The highest BCUT2D eigenvalue weighted by molar-refractivity contribution is 5.40. The first kappa shape index (κ1) is 16.2. The molecule has 0 bridgehead atoms. The van der Waals surface area contributed by atoms with Gasteiger partial charge in [0, 0.05) is 31.7 Å². The molecular formula is C17H26N4O2. The lowest BCUT2D eigenvalue weighted by atomic mass is 9.88. The van der Waals surface area contributed by atoms with Crippen LogP contribution in [-0.4, -0.2) is 40.5 Å². The van der Waals surface area contributed by atoms with Gasteiger partial charge in [-0.25, -0.2) is 4.98 Å². The summed E-state index contributed by atoms with van der Waals surface area (Å²) in [6, 6.07) is 3.63. The molecule has 23 heavy (non-hydrogen) atoms. The molecule has 0 amide bonds. The van der Waals surface area contributed by atoms with Crippen LogP contribution in [0.15, 0.2) is 18.3 Å². The number of aromatic nitrogens is 1. The number of hydrogen-bond acceptors (Lipinski definition) is 5. The molecule has 3 rings (SSSR count). The number of pyridine rings is 1. The lowest BCUT2D eigenvalue weighted by molar-refractivity contribution is -0.385. The lowest BCUT2D eigenvalue weighted by Crippen LogP contribution is -2.41. The van der Waals surface area contributed by atoms with Crippen LogP contribution in [0.25, 0.3) is 0 Å². The van der Waals surface area contributed by atoms with Crippen molar-refractivity contribution < 1.29 is 4.92 Å². The van der Waals surface area contributed by atoms with Crippen molar-refractivity contribution >= 4 is 11.5 Å². The van der Waals surface area contributed by atoms with Crippen LogP contribution in [0.5, 0.6) is 0 Å². The average molecular weight is 318 g/mol. The zero-order valence-electron chi connectivity index (χ0n) is 13.6. The minimum Gasteiger partial charge on any atom is -0.367 e. The Bertz CT molecular complexity index is 506. The molecule has 0 radical (unpaired) electrons. The van der Waals surface area contributed by atoms with E-state index in [9.17, 15) is 10.1 Å². The summed E-state index contributed by atoms with van der Waals surface area (Å²) in [5.41, 5.74) is 0.0397. The highest BCUT2D eigenvalue weighted by atomic mass is 16.6. The van der Waals surface area contributed by atoms with Crippen LogP contribution in [0.1, 0.15) is 44.9 Å². The Balaban J connectivity index is 1.42. The van der Waals surface area contributed by atoms with Gasteiger partial charge in [0.25, 0.3) is 5.69 Å². The Kier molecular flexibility index (Phi) is 5.43. The normalized spacial score (nSPS) is 21.2. The van der Waals surface area contributed by atoms with Crippen molar-refractivity contribution in [2.45, 2.75) is 51.0 Å². The summed E-state index contributed by atoms with van der Waals surface area (Å²) >= 11 is 0. The predicted molar refractivity (Wildman–Crippen MR) is 90.6 cm³/mol. The number of nitrogens with zero attached hydrogens (tertiary/aromatic N) is 3. The molecule has 6 nitrogen and oxygen atoms in total. The monoisotopic (exact) mass is 318 g/mol. The Morgan fingerprint density at radius 1 is 1.17 bits per heavy atom. The zero-order chi connectivity index (χ0) is 16.1. The van der Waals surface area contributed by atoms with Crippen LogP contribution >= 0.6 is 0 Å². The molecule has 126 valence electrons. The van der Waals surface area contributed by atoms with E-state index in [-0.39, 0.29) is 5.69 Å². The molecule has 1 saturated heterocycles. The summed E-state index contributed by atoms with van der Waals surface area (Å²) in [4.78, 5) is 17.0. The third kappa shape index (κ3) is 4.64. The van der Waals surface area contributed by atoms with E-state index in [2.05, 4.69) is 15.2 Å². The number of likely N-dealkylation sites (tertiary alicyclic amines) is 1. The Morgan fingerprint density at radius 3 is 2.52 bits per heavy atom. The van der Waals surface area contributed by atoms with E-state index in [1.807, 2.05) is 0 Å². The standard InChI is InChI=1S/C17H26N4O2/c22-21(23)16-6-7-17(18-12-16)19-15-8-10-20(11-9-15)13-14-4-2-1-3-5-14/h6-7,12,14-15H,1-5,8-11,13H2,(H,18,19). The third-order valence-electron chi connectivity index (χ3n) is 5.14. The van der Waals surface area contributed by atoms with Crippen molar-refractivity contribution in [1.29, 1.82) is 0 Å². The van der Waals surface area contributed by atoms with Gasteiger partial charge in [0.15, 0.2) is 0 Å². The van der Waals surface area contributed by atoms with Gasteiger partial charge >= 0.3 is 0 Å². The largest absolute Gasteiger partial charge is 0.367 e. The number of hydrogen-bond donors (Lipinski definition) is 1. The van der Waals surface area contributed by atoms with Crippen molar-refractivity contribution in [3.8, 4) is 0 Å². The molecule has 0 aromatic carbocycles. The molecule has 0 unspecified atom stereocenters. The Labute approximate surface area is 137 Å². The topological polar surface area (TPSA) is 71.3 Å². The van der Waals surface area contributed by atoms with E-state index in [0.717, 1.165) is 37.7 Å². The molecule has 1 aliphatic heterocycles. The van der Waals surface area contributed by atoms with Crippen molar-refractivity contribution in [3.05, 3.63) is 28.4 Å². The summed E-state index contributed by atoms with van der Waals surface area (Å²) in [6.07, 6.45) is 10.6. The summed E-state index contributed by atoms with van der Waals surface area (Å²) in [7, 11) is 0. The van der Waals surface area contributed by atoms with Gasteiger partial charge in [-0.3, -0.25) is 10.1 Å². The van der Waals surface area contributed by atoms with Gasteiger partial charge in [-0.1, -0.05) is 19.3 Å². The van der Waals surface area contributed by atoms with E-state index >= 15 is 0 Å². The second kappa shape index (κ2) is 7.73. The van der Waals surface area contributed by atoms with E-state index < -0.39 is 4.92 Å². The molecule has 1 aromatic rings. The molecule has 2 fully saturated rings. The summed E-state index contributed by atoms with van der Waals surface area (Å²) in [5, 5.41) is 14.1. The van der Waals surface area contributed by atoms with Crippen LogP contribution in [0.4, 0.5) is 11.5 Å². The van der Waals surface area contributed by atoms with E-state index in [1.165, 1.54) is 50.9 Å². The number of nitrogens with one attached hydrogen (secondary N) is 1. The van der Waals surface area contributed by atoms with Crippen molar-refractivity contribution in [3.63, 3.8) is 0 Å². The second-order valence-corrected chi connectivity index (χ2v) is 6.88. The Morgan fingerprint density at radius 2 is 1.91 bits per heavy atom.